The lowest BCUT2D eigenvalue weighted by Gasteiger charge is -2.35. The van der Waals surface area contributed by atoms with E-state index in [9.17, 15) is 9.59 Å². The van der Waals surface area contributed by atoms with Crippen molar-refractivity contribution in [1.29, 1.82) is 0 Å². The molecule has 2 aromatic rings. The third kappa shape index (κ3) is 4.45. The van der Waals surface area contributed by atoms with E-state index in [0.717, 1.165) is 16.9 Å². The number of carbonyl (C=O) groups excluding carboxylic acids is 2. The Hall–Kier alpha value is -2.76. The van der Waals surface area contributed by atoms with Crippen molar-refractivity contribution in [3.05, 3.63) is 53.9 Å². The molecule has 1 fully saturated rings. The highest BCUT2D eigenvalue weighted by Crippen LogP contribution is 2.13. The summed E-state index contributed by atoms with van der Waals surface area (Å²) in [5.41, 5.74) is 1.99. The smallest absolute Gasteiger partial charge is 0.227 e. The summed E-state index contributed by atoms with van der Waals surface area (Å²) in [5, 5.41) is 0. The molecule has 2 amide bonds. The maximum Gasteiger partial charge on any atom is 0.227 e. The van der Waals surface area contributed by atoms with Crippen LogP contribution in [0.2, 0.25) is 0 Å². The van der Waals surface area contributed by atoms with Gasteiger partial charge in [0, 0.05) is 45.6 Å². The second-order valence-electron chi connectivity index (χ2n) is 6.65. The van der Waals surface area contributed by atoms with E-state index in [-0.39, 0.29) is 11.8 Å². The van der Waals surface area contributed by atoms with E-state index in [0.29, 0.717) is 39.0 Å². The number of ether oxygens (including phenoxy) is 1. The van der Waals surface area contributed by atoms with Crippen molar-refractivity contribution in [3.8, 4) is 5.75 Å². The third-order valence-electron chi connectivity index (χ3n) is 4.75. The molecule has 1 saturated heterocycles. The second-order valence-corrected chi connectivity index (χ2v) is 6.65. The van der Waals surface area contributed by atoms with E-state index in [1.807, 2.05) is 64.1 Å². The predicted octanol–water partition coefficient (Wildman–Crippen LogP) is 1.49. The Balaban J connectivity index is 1.47. The molecule has 0 atom stereocenters. The minimum Gasteiger partial charge on any atom is -0.497 e. The zero-order valence-electron chi connectivity index (χ0n) is 15.4. The van der Waals surface area contributed by atoms with Gasteiger partial charge in [0.05, 0.1) is 20.0 Å². The fourth-order valence-corrected chi connectivity index (χ4v) is 3.19. The lowest BCUT2D eigenvalue weighted by Crippen LogP contribution is -2.51. The Bertz CT molecular complexity index is 759. The first-order valence-corrected chi connectivity index (χ1v) is 8.84. The van der Waals surface area contributed by atoms with Crippen molar-refractivity contribution in [2.24, 2.45) is 7.05 Å². The Kier molecular flexibility index (Phi) is 5.61. The lowest BCUT2D eigenvalue weighted by molar-refractivity contribution is -0.138. The van der Waals surface area contributed by atoms with Crippen LogP contribution in [0.5, 0.6) is 5.75 Å². The zero-order valence-corrected chi connectivity index (χ0v) is 15.4. The molecule has 2 heterocycles. The standard InChI is InChI=1S/C20H25N3O3/c1-21-8-7-17(15-21)14-20(25)23-11-9-22(10-12-23)19(24)13-16-3-5-18(26-2)6-4-16/h3-8,15H,9-14H2,1-2H3. The summed E-state index contributed by atoms with van der Waals surface area (Å²) < 4.78 is 7.08. The van der Waals surface area contributed by atoms with E-state index in [2.05, 4.69) is 0 Å². The maximum absolute atomic E-state index is 12.5. The largest absolute Gasteiger partial charge is 0.497 e. The summed E-state index contributed by atoms with van der Waals surface area (Å²) in [6.45, 7) is 2.38. The summed E-state index contributed by atoms with van der Waals surface area (Å²) in [5.74, 6) is 1.01. The van der Waals surface area contributed by atoms with Crippen LogP contribution >= 0.6 is 0 Å². The highest BCUT2D eigenvalue weighted by atomic mass is 16.5. The molecule has 6 heteroatoms. The van der Waals surface area contributed by atoms with Gasteiger partial charge in [-0.2, -0.15) is 0 Å². The molecule has 1 aliphatic heterocycles. The average molecular weight is 355 g/mol. The van der Waals surface area contributed by atoms with Crippen molar-refractivity contribution >= 4 is 11.8 Å². The third-order valence-corrected chi connectivity index (χ3v) is 4.75. The highest BCUT2D eigenvalue weighted by Gasteiger charge is 2.24. The molecule has 1 aromatic heterocycles. The van der Waals surface area contributed by atoms with Gasteiger partial charge in [0.2, 0.25) is 11.8 Å². The molecule has 6 nitrogen and oxygen atoms in total. The van der Waals surface area contributed by atoms with Crippen LogP contribution in [0.3, 0.4) is 0 Å². The molecule has 3 rings (SSSR count). The van der Waals surface area contributed by atoms with Crippen LogP contribution in [-0.2, 0) is 29.5 Å². The van der Waals surface area contributed by atoms with Crippen LogP contribution in [-0.4, -0.2) is 59.5 Å². The summed E-state index contributed by atoms with van der Waals surface area (Å²) in [7, 11) is 3.57. The average Bonchev–Trinajstić information content (AvgIpc) is 3.07. The van der Waals surface area contributed by atoms with Gasteiger partial charge in [-0.05, 0) is 29.3 Å². The molecule has 0 bridgehead atoms. The van der Waals surface area contributed by atoms with Crippen molar-refractivity contribution in [3.63, 3.8) is 0 Å². The van der Waals surface area contributed by atoms with Crippen molar-refractivity contribution in [2.75, 3.05) is 33.3 Å². The molecule has 0 saturated carbocycles. The first-order chi connectivity index (χ1) is 12.5. The molecule has 0 aliphatic carbocycles. The van der Waals surface area contributed by atoms with Crippen molar-refractivity contribution in [2.45, 2.75) is 12.8 Å². The van der Waals surface area contributed by atoms with Crippen LogP contribution in [0.25, 0.3) is 0 Å². The topological polar surface area (TPSA) is 54.8 Å². The van der Waals surface area contributed by atoms with Crippen molar-refractivity contribution < 1.29 is 14.3 Å². The number of carbonyl (C=O) groups is 2. The van der Waals surface area contributed by atoms with Crippen LogP contribution in [0.1, 0.15) is 11.1 Å². The fraction of sp³-hybridized carbons (Fsp3) is 0.400. The highest BCUT2D eigenvalue weighted by molar-refractivity contribution is 5.81. The number of aryl methyl sites for hydroxylation is 1. The molecule has 138 valence electrons. The molecule has 0 radical (unpaired) electrons. The van der Waals surface area contributed by atoms with Gasteiger partial charge in [-0.3, -0.25) is 9.59 Å². The lowest BCUT2D eigenvalue weighted by atomic mass is 10.1. The summed E-state index contributed by atoms with van der Waals surface area (Å²) in [6.07, 6.45) is 4.70. The van der Waals surface area contributed by atoms with Gasteiger partial charge in [-0.1, -0.05) is 12.1 Å². The molecule has 26 heavy (non-hydrogen) atoms. The first-order valence-electron chi connectivity index (χ1n) is 8.84. The number of hydrogen-bond donors (Lipinski definition) is 0. The monoisotopic (exact) mass is 355 g/mol. The molecule has 1 aliphatic rings. The predicted molar refractivity (Wildman–Crippen MR) is 99.0 cm³/mol. The van der Waals surface area contributed by atoms with E-state index in [1.54, 1.807) is 7.11 Å². The SMILES string of the molecule is COc1ccc(CC(=O)N2CCN(C(=O)Cc3ccn(C)c3)CC2)cc1. The van der Waals surface area contributed by atoms with Crippen LogP contribution < -0.4 is 4.74 Å². The molecule has 0 spiro atoms. The number of rotatable bonds is 5. The fourth-order valence-electron chi connectivity index (χ4n) is 3.19. The molecular weight excluding hydrogens is 330 g/mol. The van der Waals surface area contributed by atoms with Gasteiger partial charge in [-0.25, -0.2) is 0 Å². The van der Waals surface area contributed by atoms with Crippen LogP contribution in [0, 0.1) is 0 Å². The second kappa shape index (κ2) is 8.08. The van der Waals surface area contributed by atoms with E-state index in [4.69, 9.17) is 4.74 Å². The minimum absolute atomic E-state index is 0.102. The van der Waals surface area contributed by atoms with Gasteiger partial charge in [0.1, 0.15) is 5.75 Å². The Morgan fingerprint density at radius 1 is 0.885 bits per heavy atom. The normalized spacial score (nSPS) is 14.4. The molecule has 1 aromatic carbocycles. The van der Waals surface area contributed by atoms with Crippen LogP contribution in [0.4, 0.5) is 0 Å². The number of aromatic nitrogens is 1. The van der Waals surface area contributed by atoms with Crippen LogP contribution in [0.15, 0.2) is 42.7 Å². The maximum atomic E-state index is 12.5. The number of hydrogen-bond acceptors (Lipinski definition) is 3. The summed E-state index contributed by atoms with van der Waals surface area (Å²) in [4.78, 5) is 28.6. The number of nitrogens with zero attached hydrogens (tertiary/aromatic N) is 3. The molecule has 0 N–H and O–H groups in total. The Morgan fingerprint density at radius 3 is 1.88 bits per heavy atom. The molecule has 0 unspecified atom stereocenters. The van der Waals surface area contributed by atoms with Gasteiger partial charge < -0.3 is 19.1 Å². The Morgan fingerprint density at radius 2 is 1.42 bits per heavy atom. The van der Waals surface area contributed by atoms with E-state index < -0.39 is 0 Å². The van der Waals surface area contributed by atoms with Gasteiger partial charge >= 0.3 is 0 Å². The zero-order chi connectivity index (χ0) is 18.5. The van der Waals surface area contributed by atoms with Gasteiger partial charge in [0.15, 0.2) is 0 Å². The minimum atomic E-state index is 0.102. The Labute approximate surface area is 154 Å². The summed E-state index contributed by atoms with van der Waals surface area (Å²) >= 11 is 0. The number of amides is 2. The van der Waals surface area contributed by atoms with Gasteiger partial charge in [0.25, 0.3) is 0 Å². The summed E-state index contributed by atoms with van der Waals surface area (Å²) in [6, 6.07) is 9.52. The quantitative estimate of drug-likeness (QED) is 0.817. The number of benzene rings is 1. The first kappa shape index (κ1) is 18.0. The van der Waals surface area contributed by atoms with Gasteiger partial charge in [-0.15, -0.1) is 0 Å². The number of piperazine rings is 1. The molecular formula is C20H25N3O3. The number of methoxy groups -OCH3 is 1. The van der Waals surface area contributed by atoms with E-state index in [1.165, 1.54) is 0 Å². The van der Waals surface area contributed by atoms with Crippen molar-refractivity contribution in [1.82, 2.24) is 14.4 Å². The van der Waals surface area contributed by atoms with E-state index >= 15 is 0 Å².